The molecule has 0 spiro atoms. The molecule has 1 saturated heterocycles. The number of nitrogens with zero attached hydrogens (tertiary/aromatic N) is 1. The van der Waals surface area contributed by atoms with Gasteiger partial charge in [0.15, 0.2) is 0 Å². The third-order valence-electron chi connectivity index (χ3n) is 3.09. The minimum absolute atomic E-state index is 0.0562. The second-order valence-electron chi connectivity index (χ2n) is 5.02. The molecule has 0 aromatic rings. The molecule has 0 bridgehead atoms. The summed E-state index contributed by atoms with van der Waals surface area (Å²) in [5.41, 5.74) is 0. The first-order valence-electron chi connectivity index (χ1n) is 6.14. The van der Waals surface area contributed by atoms with Crippen LogP contribution in [0.3, 0.4) is 0 Å². The van der Waals surface area contributed by atoms with Crippen LogP contribution in [-0.2, 0) is 14.8 Å². The Morgan fingerprint density at radius 2 is 1.89 bits per heavy atom. The molecule has 0 saturated carbocycles. The van der Waals surface area contributed by atoms with E-state index in [1.165, 1.54) is 4.31 Å². The van der Waals surface area contributed by atoms with Gasteiger partial charge in [-0.25, -0.2) is 12.7 Å². The SMILES string of the molecule is CCS(=O)(=O)N1CCC(NC(=O)C(C)(C)Br)CC1. The van der Waals surface area contributed by atoms with Gasteiger partial charge in [0.2, 0.25) is 15.9 Å². The first kappa shape index (κ1) is 15.9. The fourth-order valence-electron chi connectivity index (χ4n) is 1.82. The second kappa shape index (κ2) is 5.88. The summed E-state index contributed by atoms with van der Waals surface area (Å²) in [7, 11) is -3.09. The molecule has 0 atom stereocenters. The van der Waals surface area contributed by atoms with E-state index in [9.17, 15) is 13.2 Å². The normalized spacial score (nSPS) is 19.8. The maximum absolute atomic E-state index is 11.8. The molecule has 1 amide bonds. The van der Waals surface area contributed by atoms with Crippen molar-refractivity contribution < 1.29 is 13.2 Å². The fourth-order valence-corrected chi connectivity index (χ4v) is 3.06. The zero-order valence-corrected chi connectivity index (χ0v) is 13.5. The molecule has 0 unspecified atom stereocenters. The van der Waals surface area contributed by atoms with Crippen LogP contribution < -0.4 is 5.32 Å². The second-order valence-corrected chi connectivity index (χ2v) is 9.26. The average molecular weight is 341 g/mol. The van der Waals surface area contributed by atoms with Crippen molar-refractivity contribution >= 4 is 31.9 Å². The molecule has 1 aliphatic rings. The Kier molecular flexibility index (Phi) is 5.20. The summed E-state index contributed by atoms with van der Waals surface area (Å²) in [5.74, 6) is 0.0812. The van der Waals surface area contributed by atoms with Crippen molar-refractivity contribution in [2.24, 2.45) is 0 Å². The first-order chi connectivity index (χ1) is 8.16. The summed E-state index contributed by atoms with van der Waals surface area (Å²) in [6.07, 6.45) is 1.35. The molecule has 1 heterocycles. The van der Waals surface area contributed by atoms with Crippen LogP contribution in [0.5, 0.6) is 0 Å². The summed E-state index contributed by atoms with van der Waals surface area (Å²) in [6.45, 7) is 6.21. The summed E-state index contributed by atoms with van der Waals surface area (Å²) >= 11 is 3.31. The quantitative estimate of drug-likeness (QED) is 0.779. The van der Waals surface area contributed by atoms with Crippen molar-refractivity contribution in [2.75, 3.05) is 18.8 Å². The number of piperidine rings is 1. The van der Waals surface area contributed by atoms with Gasteiger partial charge >= 0.3 is 0 Å². The number of sulfonamides is 1. The van der Waals surface area contributed by atoms with Crippen molar-refractivity contribution in [2.45, 2.75) is 44.0 Å². The number of nitrogens with one attached hydrogen (secondary N) is 1. The van der Waals surface area contributed by atoms with E-state index in [2.05, 4.69) is 21.2 Å². The third-order valence-corrected chi connectivity index (χ3v) is 5.33. The highest BCUT2D eigenvalue weighted by atomic mass is 79.9. The highest BCUT2D eigenvalue weighted by Gasteiger charge is 2.30. The van der Waals surface area contributed by atoms with E-state index in [-0.39, 0.29) is 17.7 Å². The molecule has 0 aliphatic carbocycles. The predicted octanol–water partition coefficient (Wildman–Crippen LogP) is 1.09. The predicted molar refractivity (Wildman–Crippen MR) is 75.2 cm³/mol. The molecule has 106 valence electrons. The Hall–Kier alpha value is -0.140. The number of amides is 1. The highest BCUT2D eigenvalue weighted by molar-refractivity contribution is 9.10. The molecule has 18 heavy (non-hydrogen) atoms. The van der Waals surface area contributed by atoms with Crippen molar-refractivity contribution in [3.8, 4) is 0 Å². The van der Waals surface area contributed by atoms with Crippen LogP contribution in [0, 0.1) is 0 Å². The minimum Gasteiger partial charge on any atom is -0.352 e. The molecule has 1 rings (SSSR count). The lowest BCUT2D eigenvalue weighted by atomic mass is 10.1. The van der Waals surface area contributed by atoms with Gasteiger partial charge in [-0.1, -0.05) is 15.9 Å². The van der Waals surface area contributed by atoms with Crippen LogP contribution in [-0.4, -0.2) is 47.8 Å². The Labute approximate surface area is 117 Å². The van der Waals surface area contributed by atoms with Gasteiger partial charge in [0.25, 0.3) is 0 Å². The van der Waals surface area contributed by atoms with Crippen molar-refractivity contribution in [3.05, 3.63) is 0 Å². The minimum atomic E-state index is -3.09. The van der Waals surface area contributed by atoms with Crippen LogP contribution in [0.25, 0.3) is 0 Å². The van der Waals surface area contributed by atoms with Crippen LogP contribution in [0.15, 0.2) is 0 Å². The molecule has 5 nitrogen and oxygen atoms in total. The molecule has 1 fully saturated rings. The molecular formula is C11H21BrN2O3S. The topological polar surface area (TPSA) is 66.5 Å². The molecular weight excluding hydrogens is 320 g/mol. The molecule has 7 heteroatoms. The van der Waals surface area contributed by atoms with Crippen molar-refractivity contribution in [1.82, 2.24) is 9.62 Å². The van der Waals surface area contributed by atoms with Crippen LogP contribution in [0.2, 0.25) is 0 Å². The number of halogens is 1. The fraction of sp³-hybridized carbons (Fsp3) is 0.909. The van der Waals surface area contributed by atoms with E-state index in [4.69, 9.17) is 0 Å². The Balaban J connectivity index is 2.48. The monoisotopic (exact) mass is 340 g/mol. The van der Waals surface area contributed by atoms with Crippen molar-refractivity contribution in [3.63, 3.8) is 0 Å². The molecule has 0 aromatic carbocycles. The number of carbonyl (C=O) groups excluding carboxylic acids is 1. The molecule has 0 radical (unpaired) electrons. The standard InChI is InChI=1S/C11H21BrN2O3S/c1-4-18(16,17)14-7-5-9(6-8-14)13-10(15)11(2,3)12/h9H,4-8H2,1-3H3,(H,13,15). The van der Waals surface area contributed by atoms with Gasteiger partial charge < -0.3 is 5.32 Å². The zero-order valence-electron chi connectivity index (χ0n) is 11.1. The summed E-state index contributed by atoms with van der Waals surface area (Å²) in [6, 6.07) is 0.0673. The van der Waals surface area contributed by atoms with Gasteiger partial charge in [0, 0.05) is 19.1 Å². The number of hydrogen-bond acceptors (Lipinski definition) is 3. The number of rotatable bonds is 4. The van der Waals surface area contributed by atoms with E-state index in [0.717, 1.165) is 0 Å². The maximum Gasteiger partial charge on any atom is 0.236 e. The van der Waals surface area contributed by atoms with Gasteiger partial charge in [-0.3, -0.25) is 4.79 Å². The van der Waals surface area contributed by atoms with Gasteiger partial charge in [0.1, 0.15) is 0 Å². The first-order valence-corrected chi connectivity index (χ1v) is 8.54. The van der Waals surface area contributed by atoms with E-state index in [1.807, 2.05) is 0 Å². The van der Waals surface area contributed by atoms with Crippen LogP contribution >= 0.6 is 15.9 Å². The lowest BCUT2D eigenvalue weighted by Crippen LogP contribution is -2.50. The summed E-state index contributed by atoms with van der Waals surface area (Å²) in [5, 5.41) is 2.94. The lowest BCUT2D eigenvalue weighted by molar-refractivity contribution is -0.123. The smallest absolute Gasteiger partial charge is 0.236 e. The van der Waals surface area contributed by atoms with Gasteiger partial charge in [0.05, 0.1) is 10.1 Å². The summed E-state index contributed by atoms with van der Waals surface area (Å²) < 4.78 is 24.3. The van der Waals surface area contributed by atoms with E-state index < -0.39 is 14.3 Å². The molecule has 1 aliphatic heterocycles. The van der Waals surface area contributed by atoms with Gasteiger partial charge in [-0.15, -0.1) is 0 Å². The zero-order chi connectivity index (χ0) is 14.0. The average Bonchev–Trinajstić information content (AvgIpc) is 2.28. The lowest BCUT2D eigenvalue weighted by Gasteiger charge is -2.32. The van der Waals surface area contributed by atoms with Gasteiger partial charge in [-0.2, -0.15) is 0 Å². The third kappa shape index (κ3) is 4.20. The number of hydrogen-bond donors (Lipinski definition) is 1. The number of carbonyl (C=O) groups is 1. The Morgan fingerprint density at radius 3 is 2.28 bits per heavy atom. The molecule has 1 N–H and O–H groups in total. The maximum atomic E-state index is 11.8. The Morgan fingerprint density at radius 1 is 1.39 bits per heavy atom. The van der Waals surface area contributed by atoms with E-state index in [1.54, 1.807) is 20.8 Å². The number of alkyl halides is 1. The van der Waals surface area contributed by atoms with Crippen LogP contribution in [0.1, 0.15) is 33.6 Å². The highest BCUT2D eigenvalue weighted by Crippen LogP contribution is 2.19. The Bertz CT molecular complexity index is 395. The van der Waals surface area contributed by atoms with E-state index >= 15 is 0 Å². The largest absolute Gasteiger partial charge is 0.352 e. The van der Waals surface area contributed by atoms with E-state index in [0.29, 0.717) is 25.9 Å². The van der Waals surface area contributed by atoms with Crippen LogP contribution in [0.4, 0.5) is 0 Å². The van der Waals surface area contributed by atoms with Gasteiger partial charge in [-0.05, 0) is 33.6 Å². The van der Waals surface area contributed by atoms with Crippen molar-refractivity contribution in [1.29, 1.82) is 0 Å². The summed E-state index contributed by atoms with van der Waals surface area (Å²) in [4.78, 5) is 11.8. The molecule has 0 aromatic heterocycles.